The molecule has 0 aromatic heterocycles. The lowest BCUT2D eigenvalue weighted by molar-refractivity contribution is 0.0428. The summed E-state index contributed by atoms with van der Waals surface area (Å²) >= 11 is 0. The van der Waals surface area contributed by atoms with Crippen LogP contribution in [-0.4, -0.2) is 35.3 Å². The highest BCUT2D eigenvalue weighted by molar-refractivity contribution is 6.00. The molecule has 1 fully saturated rings. The van der Waals surface area contributed by atoms with Crippen molar-refractivity contribution in [1.82, 2.24) is 4.90 Å². The Kier molecular flexibility index (Phi) is 3.64. The number of ether oxygens (including phenoxy) is 1. The van der Waals surface area contributed by atoms with Crippen molar-refractivity contribution in [3.05, 3.63) is 64.7 Å². The van der Waals surface area contributed by atoms with Gasteiger partial charge in [-0.1, -0.05) is 18.2 Å². The molecule has 2 aliphatic rings. The molecule has 1 amide bonds. The standard InChI is InChI=1S/C21H21NO3/c1-14-7-8-16(11-15(14)2)20(24)22-10-9-21(13-22)12-18(23)17-5-3-4-6-19(17)25-21/h3-8,11H,9-10,12-13H2,1-2H3. The van der Waals surface area contributed by atoms with Crippen LogP contribution in [0.2, 0.25) is 0 Å². The van der Waals surface area contributed by atoms with Gasteiger partial charge in [0, 0.05) is 18.5 Å². The monoisotopic (exact) mass is 335 g/mol. The van der Waals surface area contributed by atoms with Gasteiger partial charge in [-0.25, -0.2) is 0 Å². The van der Waals surface area contributed by atoms with Crippen LogP contribution in [-0.2, 0) is 0 Å². The molecule has 0 aliphatic carbocycles. The third-order valence-electron chi connectivity index (χ3n) is 5.35. The van der Waals surface area contributed by atoms with Crippen molar-refractivity contribution >= 4 is 11.7 Å². The number of Topliss-reactive ketones (excluding diaryl/α,β-unsaturated/α-hetero) is 1. The second-order valence-corrected chi connectivity index (χ2v) is 7.16. The summed E-state index contributed by atoms with van der Waals surface area (Å²) in [5, 5.41) is 0. The number of rotatable bonds is 1. The molecular weight excluding hydrogens is 314 g/mol. The second kappa shape index (κ2) is 5.73. The van der Waals surface area contributed by atoms with Crippen LogP contribution >= 0.6 is 0 Å². The number of amides is 1. The maximum absolute atomic E-state index is 12.8. The molecule has 0 radical (unpaired) electrons. The third-order valence-corrected chi connectivity index (χ3v) is 5.35. The number of nitrogens with zero attached hydrogens (tertiary/aromatic N) is 1. The number of hydrogen-bond acceptors (Lipinski definition) is 3. The number of fused-ring (bicyclic) bond motifs is 1. The van der Waals surface area contributed by atoms with Crippen LogP contribution in [0.25, 0.3) is 0 Å². The second-order valence-electron chi connectivity index (χ2n) is 7.16. The Balaban J connectivity index is 1.56. The molecule has 2 aromatic carbocycles. The van der Waals surface area contributed by atoms with Crippen LogP contribution in [0.3, 0.4) is 0 Å². The van der Waals surface area contributed by atoms with E-state index in [4.69, 9.17) is 4.74 Å². The van der Waals surface area contributed by atoms with E-state index in [1.807, 2.05) is 55.1 Å². The van der Waals surface area contributed by atoms with Crippen molar-refractivity contribution in [3.63, 3.8) is 0 Å². The van der Waals surface area contributed by atoms with Crippen molar-refractivity contribution in [2.24, 2.45) is 0 Å². The van der Waals surface area contributed by atoms with E-state index in [-0.39, 0.29) is 11.7 Å². The minimum atomic E-state index is -0.583. The molecule has 0 N–H and O–H groups in total. The van der Waals surface area contributed by atoms with Crippen LogP contribution in [0.4, 0.5) is 0 Å². The zero-order valence-electron chi connectivity index (χ0n) is 14.5. The van der Waals surface area contributed by atoms with Crippen LogP contribution < -0.4 is 4.74 Å². The lowest BCUT2D eigenvalue weighted by Crippen LogP contribution is -2.45. The molecule has 4 rings (SSSR count). The topological polar surface area (TPSA) is 46.6 Å². The van der Waals surface area contributed by atoms with Gasteiger partial charge in [0.2, 0.25) is 0 Å². The molecule has 25 heavy (non-hydrogen) atoms. The Morgan fingerprint density at radius 1 is 1.12 bits per heavy atom. The summed E-state index contributed by atoms with van der Waals surface area (Å²) < 4.78 is 6.20. The fourth-order valence-electron chi connectivity index (χ4n) is 3.75. The summed E-state index contributed by atoms with van der Waals surface area (Å²) in [6, 6.07) is 13.1. The highest BCUT2D eigenvalue weighted by atomic mass is 16.5. The highest BCUT2D eigenvalue weighted by Crippen LogP contribution is 2.38. The first kappa shape index (κ1) is 15.9. The van der Waals surface area contributed by atoms with Crippen molar-refractivity contribution in [1.29, 1.82) is 0 Å². The van der Waals surface area contributed by atoms with Gasteiger partial charge in [0.05, 0.1) is 18.5 Å². The first-order chi connectivity index (χ1) is 12.0. The summed E-state index contributed by atoms with van der Waals surface area (Å²) in [5.41, 5.74) is 3.04. The molecule has 1 spiro atoms. The van der Waals surface area contributed by atoms with Crippen LogP contribution in [0.1, 0.15) is 44.7 Å². The van der Waals surface area contributed by atoms with Crippen molar-refractivity contribution in [2.45, 2.75) is 32.3 Å². The van der Waals surface area contributed by atoms with Gasteiger partial charge >= 0.3 is 0 Å². The largest absolute Gasteiger partial charge is 0.484 e. The van der Waals surface area contributed by atoms with Crippen molar-refractivity contribution in [2.75, 3.05) is 13.1 Å². The first-order valence-electron chi connectivity index (χ1n) is 8.65. The number of carbonyl (C=O) groups is 2. The SMILES string of the molecule is Cc1ccc(C(=O)N2CCC3(CC(=O)c4ccccc4O3)C2)cc1C. The Bertz CT molecular complexity index is 873. The number of hydrogen-bond donors (Lipinski definition) is 0. The van der Waals surface area contributed by atoms with Crippen LogP contribution in [0, 0.1) is 13.8 Å². The van der Waals surface area contributed by atoms with Gasteiger partial charge < -0.3 is 9.64 Å². The van der Waals surface area contributed by atoms with Gasteiger partial charge in [0.25, 0.3) is 5.91 Å². The molecule has 4 nitrogen and oxygen atoms in total. The molecule has 2 heterocycles. The van der Waals surface area contributed by atoms with Crippen LogP contribution in [0.15, 0.2) is 42.5 Å². The maximum atomic E-state index is 12.8. The number of likely N-dealkylation sites (tertiary alicyclic amines) is 1. The molecule has 128 valence electrons. The molecule has 2 aliphatic heterocycles. The Morgan fingerprint density at radius 3 is 2.72 bits per heavy atom. The van der Waals surface area contributed by atoms with E-state index in [0.717, 1.165) is 5.56 Å². The number of aryl methyl sites for hydroxylation is 2. The van der Waals surface area contributed by atoms with Crippen molar-refractivity contribution in [3.8, 4) is 5.75 Å². The normalized spacial score (nSPS) is 22.0. The predicted octanol–water partition coefficient (Wildman–Crippen LogP) is 3.55. The molecular formula is C21H21NO3. The zero-order valence-corrected chi connectivity index (χ0v) is 14.5. The van der Waals surface area contributed by atoms with Gasteiger partial charge in [-0.2, -0.15) is 0 Å². The van der Waals surface area contributed by atoms with Crippen molar-refractivity contribution < 1.29 is 14.3 Å². The van der Waals surface area contributed by atoms with E-state index in [2.05, 4.69) is 0 Å². The Hall–Kier alpha value is -2.62. The molecule has 1 saturated heterocycles. The average molecular weight is 335 g/mol. The van der Waals surface area contributed by atoms with E-state index in [1.54, 1.807) is 6.07 Å². The van der Waals surface area contributed by atoms with Gasteiger partial charge in [-0.15, -0.1) is 0 Å². The summed E-state index contributed by atoms with van der Waals surface area (Å²) in [6.07, 6.45) is 1.02. The van der Waals surface area contributed by atoms with E-state index in [1.165, 1.54) is 5.56 Å². The fraction of sp³-hybridized carbons (Fsp3) is 0.333. The molecule has 2 aromatic rings. The number of benzene rings is 2. The lowest BCUT2D eigenvalue weighted by Gasteiger charge is -2.34. The van der Waals surface area contributed by atoms with E-state index >= 15 is 0 Å². The molecule has 0 saturated carbocycles. The van der Waals surface area contributed by atoms with Gasteiger partial charge in [0.15, 0.2) is 5.78 Å². The number of para-hydroxylation sites is 1. The highest BCUT2D eigenvalue weighted by Gasteiger charge is 2.47. The van der Waals surface area contributed by atoms with Crippen LogP contribution in [0.5, 0.6) is 5.75 Å². The lowest BCUT2D eigenvalue weighted by atomic mass is 9.89. The average Bonchev–Trinajstić information content (AvgIpc) is 3.00. The third kappa shape index (κ3) is 2.72. The predicted molar refractivity (Wildman–Crippen MR) is 95.2 cm³/mol. The van der Waals surface area contributed by atoms with Gasteiger partial charge in [0.1, 0.15) is 11.4 Å². The van der Waals surface area contributed by atoms with E-state index < -0.39 is 5.60 Å². The minimum absolute atomic E-state index is 0.00915. The first-order valence-corrected chi connectivity index (χ1v) is 8.65. The maximum Gasteiger partial charge on any atom is 0.254 e. The minimum Gasteiger partial charge on any atom is -0.484 e. The quantitative estimate of drug-likeness (QED) is 0.800. The number of carbonyl (C=O) groups excluding carboxylic acids is 2. The molecule has 1 unspecified atom stereocenters. The Morgan fingerprint density at radius 2 is 1.92 bits per heavy atom. The van der Waals surface area contributed by atoms with Gasteiger partial charge in [-0.3, -0.25) is 9.59 Å². The zero-order chi connectivity index (χ0) is 17.6. The molecule has 1 atom stereocenters. The van der Waals surface area contributed by atoms with E-state index in [0.29, 0.717) is 42.8 Å². The summed E-state index contributed by atoms with van der Waals surface area (Å²) in [6.45, 7) is 5.12. The summed E-state index contributed by atoms with van der Waals surface area (Å²) in [4.78, 5) is 27.2. The summed E-state index contributed by atoms with van der Waals surface area (Å²) in [7, 11) is 0. The van der Waals surface area contributed by atoms with E-state index in [9.17, 15) is 9.59 Å². The smallest absolute Gasteiger partial charge is 0.254 e. The molecule has 4 heteroatoms. The fourth-order valence-corrected chi connectivity index (χ4v) is 3.75. The van der Waals surface area contributed by atoms with Gasteiger partial charge in [-0.05, 0) is 49.2 Å². The Labute approximate surface area is 147 Å². The molecule has 0 bridgehead atoms. The summed E-state index contributed by atoms with van der Waals surface area (Å²) in [5.74, 6) is 0.747. The number of ketones is 1.